The molecule has 41 heavy (non-hydrogen) atoms. The van der Waals surface area contributed by atoms with Gasteiger partial charge in [-0.2, -0.15) is 5.26 Å². The maximum absolute atomic E-state index is 14.6. The van der Waals surface area contributed by atoms with Gasteiger partial charge in [-0.05, 0) is 42.9 Å². The summed E-state index contributed by atoms with van der Waals surface area (Å²) in [7, 11) is -3.01. The number of rotatable bonds is 7. The van der Waals surface area contributed by atoms with Gasteiger partial charge in [-0.15, -0.1) is 11.3 Å². The van der Waals surface area contributed by atoms with Crippen molar-refractivity contribution in [1.82, 2.24) is 10.3 Å². The van der Waals surface area contributed by atoms with Gasteiger partial charge in [0.05, 0.1) is 33.2 Å². The van der Waals surface area contributed by atoms with Gasteiger partial charge >= 0.3 is 0 Å². The van der Waals surface area contributed by atoms with Crippen LogP contribution in [0.5, 0.6) is 0 Å². The molecule has 2 aliphatic carbocycles. The molecule has 1 amide bonds. The van der Waals surface area contributed by atoms with E-state index in [4.69, 9.17) is 4.98 Å². The van der Waals surface area contributed by atoms with Gasteiger partial charge in [-0.25, -0.2) is 26.6 Å². The Morgan fingerprint density at radius 3 is 2.41 bits per heavy atom. The number of anilines is 1. The SMILES string of the molecule is CC(C)[C@@H](C#N)NC(=O)[C@@H]1C[C@@H](F)CC[C@H]1c1nc(C2CC(F)(F)C2)sc1-c1ccc(N2CCS(=O)(=O)CC2)cc1. The molecule has 222 valence electrons. The Morgan fingerprint density at radius 1 is 1.17 bits per heavy atom. The quantitative estimate of drug-likeness (QED) is 0.449. The zero-order valence-corrected chi connectivity index (χ0v) is 24.8. The van der Waals surface area contributed by atoms with Crippen LogP contribution < -0.4 is 10.2 Å². The summed E-state index contributed by atoms with van der Waals surface area (Å²) in [5.74, 6) is -4.53. The molecule has 0 radical (unpaired) electrons. The monoisotopic (exact) mass is 608 g/mol. The highest BCUT2D eigenvalue weighted by Gasteiger charge is 2.48. The van der Waals surface area contributed by atoms with Crippen LogP contribution in [0.1, 0.15) is 68.5 Å². The minimum absolute atomic E-state index is 0.0113. The number of thiazole rings is 1. The van der Waals surface area contributed by atoms with Crippen molar-refractivity contribution >= 4 is 32.8 Å². The Labute approximate surface area is 243 Å². The summed E-state index contributed by atoms with van der Waals surface area (Å²) in [5, 5.41) is 12.9. The van der Waals surface area contributed by atoms with E-state index in [1.54, 1.807) is 0 Å². The molecular formula is C29H35F3N4O3S2. The van der Waals surface area contributed by atoms with Crippen molar-refractivity contribution in [2.45, 2.75) is 75.9 Å². The number of hydrogen-bond acceptors (Lipinski definition) is 7. The third-order valence-electron chi connectivity index (χ3n) is 8.53. The van der Waals surface area contributed by atoms with Crippen LogP contribution in [0.2, 0.25) is 0 Å². The molecule has 1 N–H and O–H groups in total. The molecule has 0 unspecified atom stereocenters. The molecule has 1 aromatic heterocycles. The number of carbonyl (C=O) groups is 1. The first-order valence-electron chi connectivity index (χ1n) is 14.1. The zero-order valence-electron chi connectivity index (χ0n) is 23.2. The Kier molecular flexibility index (Phi) is 8.41. The average Bonchev–Trinajstić information content (AvgIpc) is 3.35. The lowest BCUT2D eigenvalue weighted by molar-refractivity contribution is -0.128. The molecule has 5 rings (SSSR count). The standard InChI is InChI=1S/C29H35F3N4O3S2/c1-17(2)24(16-33)34-27(37)23-13-20(30)5-8-22(23)25-26(40-28(35-25)19-14-29(31,32)15-19)18-3-6-21(7-4-18)36-9-11-41(38,39)12-10-36/h3-4,6-7,17,19-20,22-24H,5,8-15H2,1-2H3,(H,34,37)/t20-,22+,23+,24+/m0/s1. The molecule has 1 aromatic carbocycles. The molecule has 7 nitrogen and oxygen atoms in total. The van der Waals surface area contributed by atoms with Crippen molar-refractivity contribution in [2.75, 3.05) is 29.5 Å². The first kappa shape index (κ1) is 29.8. The summed E-state index contributed by atoms with van der Waals surface area (Å²) < 4.78 is 65.9. The van der Waals surface area contributed by atoms with Gasteiger partial charge in [-0.3, -0.25) is 4.79 Å². The van der Waals surface area contributed by atoms with E-state index in [1.165, 1.54) is 11.3 Å². The maximum Gasteiger partial charge on any atom is 0.249 e. The van der Waals surface area contributed by atoms with Crippen LogP contribution >= 0.6 is 11.3 Å². The number of nitrogens with zero attached hydrogens (tertiary/aromatic N) is 3. The van der Waals surface area contributed by atoms with E-state index >= 15 is 0 Å². The number of alkyl halides is 3. The zero-order chi connectivity index (χ0) is 29.5. The van der Waals surface area contributed by atoms with Crippen molar-refractivity contribution in [3.8, 4) is 16.5 Å². The lowest BCUT2D eigenvalue weighted by atomic mass is 9.75. The molecule has 4 atom stereocenters. The largest absolute Gasteiger partial charge is 0.369 e. The summed E-state index contributed by atoms with van der Waals surface area (Å²) in [5.41, 5.74) is 2.34. The Hall–Kier alpha value is -2.65. The van der Waals surface area contributed by atoms with Crippen molar-refractivity contribution in [3.63, 3.8) is 0 Å². The van der Waals surface area contributed by atoms with Crippen LogP contribution in [0.4, 0.5) is 18.9 Å². The minimum Gasteiger partial charge on any atom is -0.369 e. The van der Waals surface area contributed by atoms with E-state index in [9.17, 15) is 31.6 Å². The molecule has 1 saturated heterocycles. The van der Waals surface area contributed by atoms with Crippen LogP contribution in [0.3, 0.4) is 0 Å². The average molecular weight is 609 g/mol. The molecule has 0 spiro atoms. The summed E-state index contributed by atoms with van der Waals surface area (Å²) in [6.45, 7) is 4.49. The summed E-state index contributed by atoms with van der Waals surface area (Å²) in [4.78, 5) is 21.1. The number of aromatic nitrogens is 1. The van der Waals surface area contributed by atoms with E-state index in [2.05, 4.69) is 11.4 Å². The smallest absolute Gasteiger partial charge is 0.249 e. The highest BCUT2D eigenvalue weighted by Crippen LogP contribution is 2.52. The third kappa shape index (κ3) is 6.56. The molecule has 1 aliphatic heterocycles. The fraction of sp³-hybridized carbons (Fsp3) is 0.621. The number of amides is 1. The number of benzene rings is 1. The minimum atomic E-state index is -3.01. The van der Waals surface area contributed by atoms with Gasteiger partial charge in [0.1, 0.15) is 12.2 Å². The molecule has 2 heterocycles. The molecule has 0 bridgehead atoms. The summed E-state index contributed by atoms with van der Waals surface area (Å²) >= 11 is 1.35. The first-order valence-corrected chi connectivity index (χ1v) is 16.8. The van der Waals surface area contributed by atoms with Crippen LogP contribution in [0.25, 0.3) is 10.4 Å². The normalized spacial score (nSPS) is 26.7. The van der Waals surface area contributed by atoms with E-state index in [0.717, 1.165) is 16.1 Å². The van der Waals surface area contributed by atoms with Gasteiger partial charge in [-0.1, -0.05) is 26.0 Å². The number of nitrogens with one attached hydrogen (secondary N) is 1. The fourth-order valence-corrected chi connectivity index (χ4v) is 8.40. The van der Waals surface area contributed by atoms with Crippen molar-refractivity contribution in [2.24, 2.45) is 11.8 Å². The fourth-order valence-electron chi connectivity index (χ4n) is 5.96. The lowest BCUT2D eigenvalue weighted by Crippen LogP contribution is -2.44. The van der Waals surface area contributed by atoms with E-state index in [-0.39, 0.29) is 54.9 Å². The maximum atomic E-state index is 14.6. The molecule has 3 fully saturated rings. The predicted octanol–water partition coefficient (Wildman–Crippen LogP) is 5.44. The Balaban J connectivity index is 1.47. The van der Waals surface area contributed by atoms with Crippen LogP contribution in [0, 0.1) is 23.2 Å². The second-order valence-electron chi connectivity index (χ2n) is 11.9. The second kappa shape index (κ2) is 11.6. The summed E-state index contributed by atoms with van der Waals surface area (Å²) in [6, 6.07) is 9.05. The molecule has 3 aliphatic rings. The van der Waals surface area contributed by atoms with Crippen molar-refractivity contribution < 1.29 is 26.4 Å². The number of sulfone groups is 1. The Morgan fingerprint density at radius 2 is 1.83 bits per heavy atom. The van der Waals surface area contributed by atoms with E-state index < -0.39 is 39.8 Å². The van der Waals surface area contributed by atoms with Crippen LogP contribution in [-0.2, 0) is 14.6 Å². The highest BCUT2D eigenvalue weighted by molar-refractivity contribution is 7.91. The van der Waals surface area contributed by atoms with Crippen molar-refractivity contribution in [3.05, 3.63) is 35.0 Å². The van der Waals surface area contributed by atoms with Gasteiger partial charge in [0.25, 0.3) is 0 Å². The van der Waals surface area contributed by atoms with Gasteiger partial charge in [0.2, 0.25) is 11.8 Å². The number of carbonyl (C=O) groups excluding carboxylic acids is 1. The topological polar surface area (TPSA) is 103 Å². The van der Waals surface area contributed by atoms with E-state index in [0.29, 0.717) is 30.2 Å². The number of halogens is 3. The third-order valence-corrected chi connectivity index (χ3v) is 11.4. The van der Waals surface area contributed by atoms with Gasteiger partial charge in [0.15, 0.2) is 9.84 Å². The predicted molar refractivity (Wildman–Crippen MR) is 153 cm³/mol. The van der Waals surface area contributed by atoms with E-state index in [1.807, 2.05) is 43.0 Å². The molecular weight excluding hydrogens is 573 g/mol. The molecule has 2 aromatic rings. The Bertz CT molecular complexity index is 1400. The molecule has 12 heteroatoms. The first-order chi connectivity index (χ1) is 19.4. The van der Waals surface area contributed by atoms with Gasteiger partial charge < -0.3 is 10.2 Å². The second-order valence-corrected chi connectivity index (χ2v) is 15.2. The summed E-state index contributed by atoms with van der Waals surface area (Å²) in [6.07, 6.45) is -1.02. The number of hydrogen-bond donors (Lipinski definition) is 1. The van der Waals surface area contributed by atoms with Crippen LogP contribution in [0.15, 0.2) is 24.3 Å². The van der Waals surface area contributed by atoms with Crippen LogP contribution in [-0.4, -0.2) is 62.0 Å². The number of nitriles is 1. The molecule has 2 saturated carbocycles. The lowest BCUT2D eigenvalue weighted by Gasteiger charge is -2.34. The van der Waals surface area contributed by atoms with Gasteiger partial charge in [0, 0.05) is 49.4 Å². The van der Waals surface area contributed by atoms with Crippen molar-refractivity contribution in [1.29, 1.82) is 5.26 Å². The highest BCUT2D eigenvalue weighted by atomic mass is 32.2.